The van der Waals surface area contributed by atoms with Crippen molar-refractivity contribution in [1.82, 2.24) is 5.32 Å². The van der Waals surface area contributed by atoms with Gasteiger partial charge in [-0.15, -0.1) is 0 Å². The largest absolute Gasteiger partial charge is 0.491 e. The molecule has 2 unspecified atom stereocenters. The zero-order chi connectivity index (χ0) is 12.8. The molecule has 17 heavy (non-hydrogen) atoms. The summed E-state index contributed by atoms with van der Waals surface area (Å²) in [4.78, 5) is 0. The van der Waals surface area contributed by atoms with Gasteiger partial charge in [0, 0.05) is 7.11 Å². The minimum atomic E-state index is 0.120. The summed E-state index contributed by atoms with van der Waals surface area (Å²) < 4.78 is 11.1. The van der Waals surface area contributed by atoms with Gasteiger partial charge in [-0.1, -0.05) is 12.1 Å². The van der Waals surface area contributed by atoms with E-state index in [4.69, 9.17) is 9.47 Å². The highest BCUT2D eigenvalue weighted by atomic mass is 16.5. The van der Waals surface area contributed by atoms with Crippen molar-refractivity contribution in [3.63, 3.8) is 0 Å². The Labute approximate surface area is 104 Å². The number of hydrogen-bond donors (Lipinski definition) is 1. The molecule has 0 radical (unpaired) electrons. The highest BCUT2D eigenvalue weighted by Crippen LogP contribution is 2.23. The molecule has 0 amide bonds. The van der Waals surface area contributed by atoms with Gasteiger partial charge in [-0.3, -0.25) is 0 Å². The van der Waals surface area contributed by atoms with Gasteiger partial charge in [-0.2, -0.15) is 0 Å². The Kier molecular flexibility index (Phi) is 5.45. The maximum atomic E-state index is 5.69. The number of benzene rings is 1. The summed E-state index contributed by atoms with van der Waals surface area (Å²) in [5.41, 5.74) is 1.18. The van der Waals surface area contributed by atoms with E-state index in [1.165, 1.54) is 5.56 Å². The molecule has 0 spiro atoms. The molecule has 0 saturated carbocycles. The molecule has 96 valence electrons. The molecule has 0 aromatic heterocycles. The van der Waals surface area contributed by atoms with E-state index in [-0.39, 0.29) is 18.2 Å². The molecular weight excluding hydrogens is 214 g/mol. The van der Waals surface area contributed by atoms with Gasteiger partial charge in [-0.05, 0) is 45.5 Å². The Morgan fingerprint density at radius 3 is 2.41 bits per heavy atom. The van der Waals surface area contributed by atoms with Crippen LogP contribution in [0.3, 0.4) is 0 Å². The highest BCUT2D eigenvalue weighted by molar-refractivity contribution is 5.31. The fourth-order valence-electron chi connectivity index (χ4n) is 1.86. The molecule has 0 aliphatic rings. The van der Waals surface area contributed by atoms with E-state index in [1.54, 1.807) is 7.11 Å². The number of hydrogen-bond acceptors (Lipinski definition) is 3. The molecule has 0 aliphatic carbocycles. The van der Waals surface area contributed by atoms with Crippen LogP contribution in [0.5, 0.6) is 5.75 Å². The van der Waals surface area contributed by atoms with Gasteiger partial charge in [0.2, 0.25) is 0 Å². The summed E-state index contributed by atoms with van der Waals surface area (Å²) in [6.45, 7) is 6.11. The molecule has 0 bridgehead atoms. The lowest BCUT2D eigenvalue weighted by atomic mass is 10.0. The SMILES string of the molecule is CNC(c1cccc(OC(C)C)c1)C(C)OC. The monoisotopic (exact) mass is 237 g/mol. The van der Waals surface area contributed by atoms with Crippen molar-refractivity contribution >= 4 is 0 Å². The van der Waals surface area contributed by atoms with E-state index in [0.29, 0.717) is 0 Å². The minimum absolute atomic E-state index is 0.120. The second-order valence-electron chi connectivity index (χ2n) is 4.45. The molecule has 1 N–H and O–H groups in total. The van der Waals surface area contributed by atoms with Crippen molar-refractivity contribution in [2.24, 2.45) is 0 Å². The number of nitrogens with one attached hydrogen (secondary N) is 1. The third kappa shape index (κ3) is 4.02. The van der Waals surface area contributed by atoms with E-state index in [0.717, 1.165) is 5.75 Å². The van der Waals surface area contributed by atoms with Crippen molar-refractivity contribution in [3.05, 3.63) is 29.8 Å². The molecule has 2 atom stereocenters. The van der Waals surface area contributed by atoms with Gasteiger partial charge in [0.1, 0.15) is 5.75 Å². The molecule has 1 rings (SSSR count). The second kappa shape index (κ2) is 6.62. The Morgan fingerprint density at radius 1 is 1.18 bits per heavy atom. The minimum Gasteiger partial charge on any atom is -0.491 e. The third-order valence-electron chi connectivity index (χ3n) is 2.74. The predicted octanol–water partition coefficient (Wildman–Crippen LogP) is 2.77. The molecular formula is C14H23NO2. The molecule has 1 aromatic rings. The lowest BCUT2D eigenvalue weighted by molar-refractivity contribution is 0.0855. The van der Waals surface area contributed by atoms with Gasteiger partial charge in [0.05, 0.1) is 18.2 Å². The first kappa shape index (κ1) is 14.0. The fourth-order valence-corrected chi connectivity index (χ4v) is 1.86. The summed E-state index contributed by atoms with van der Waals surface area (Å²) in [6.07, 6.45) is 0.312. The topological polar surface area (TPSA) is 30.5 Å². The predicted molar refractivity (Wildman–Crippen MR) is 70.5 cm³/mol. The second-order valence-corrected chi connectivity index (χ2v) is 4.45. The van der Waals surface area contributed by atoms with Crippen LogP contribution in [0.2, 0.25) is 0 Å². The number of ether oxygens (including phenoxy) is 2. The summed E-state index contributed by atoms with van der Waals surface area (Å²) in [6, 6.07) is 8.32. The number of rotatable bonds is 6. The van der Waals surface area contributed by atoms with E-state index in [2.05, 4.69) is 24.4 Å². The first-order valence-corrected chi connectivity index (χ1v) is 6.05. The Morgan fingerprint density at radius 2 is 1.88 bits per heavy atom. The summed E-state index contributed by atoms with van der Waals surface area (Å²) >= 11 is 0. The average Bonchev–Trinajstić information content (AvgIpc) is 2.29. The molecule has 1 aromatic carbocycles. The van der Waals surface area contributed by atoms with E-state index < -0.39 is 0 Å². The molecule has 0 saturated heterocycles. The third-order valence-corrected chi connectivity index (χ3v) is 2.74. The van der Waals surface area contributed by atoms with Crippen molar-refractivity contribution in [2.45, 2.75) is 39.0 Å². The van der Waals surface area contributed by atoms with Crippen LogP contribution < -0.4 is 10.1 Å². The Hall–Kier alpha value is -1.06. The lowest BCUT2D eigenvalue weighted by Gasteiger charge is -2.23. The first-order chi connectivity index (χ1) is 8.08. The van der Waals surface area contributed by atoms with E-state index >= 15 is 0 Å². The van der Waals surface area contributed by atoms with Crippen LogP contribution in [-0.2, 0) is 4.74 Å². The van der Waals surface area contributed by atoms with Crippen LogP contribution in [-0.4, -0.2) is 26.4 Å². The maximum Gasteiger partial charge on any atom is 0.120 e. The van der Waals surface area contributed by atoms with Crippen molar-refractivity contribution in [2.75, 3.05) is 14.2 Å². The summed E-state index contributed by atoms with van der Waals surface area (Å²) in [7, 11) is 3.67. The van der Waals surface area contributed by atoms with Crippen LogP contribution in [0.1, 0.15) is 32.4 Å². The maximum absolute atomic E-state index is 5.69. The van der Waals surface area contributed by atoms with Crippen LogP contribution in [0.15, 0.2) is 24.3 Å². The van der Waals surface area contributed by atoms with Crippen molar-refractivity contribution in [1.29, 1.82) is 0 Å². The summed E-state index contributed by atoms with van der Waals surface area (Å²) in [5, 5.41) is 3.27. The first-order valence-electron chi connectivity index (χ1n) is 6.05. The van der Waals surface area contributed by atoms with Gasteiger partial charge in [0.15, 0.2) is 0 Å². The summed E-state index contributed by atoms with van der Waals surface area (Å²) in [5.74, 6) is 0.904. The quantitative estimate of drug-likeness (QED) is 0.825. The smallest absolute Gasteiger partial charge is 0.120 e. The molecule has 0 aliphatic heterocycles. The van der Waals surface area contributed by atoms with Crippen molar-refractivity contribution < 1.29 is 9.47 Å². The Balaban J connectivity index is 2.88. The van der Waals surface area contributed by atoms with Gasteiger partial charge in [0.25, 0.3) is 0 Å². The van der Waals surface area contributed by atoms with E-state index in [9.17, 15) is 0 Å². The zero-order valence-corrected chi connectivity index (χ0v) is 11.4. The van der Waals surface area contributed by atoms with Crippen LogP contribution in [0, 0.1) is 0 Å². The van der Waals surface area contributed by atoms with Crippen LogP contribution in [0.25, 0.3) is 0 Å². The van der Waals surface area contributed by atoms with Gasteiger partial charge < -0.3 is 14.8 Å². The van der Waals surface area contributed by atoms with Gasteiger partial charge in [-0.25, -0.2) is 0 Å². The normalized spacial score (nSPS) is 14.7. The number of methoxy groups -OCH3 is 1. The van der Waals surface area contributed by atoms with Crippen molar-refractivity contribution in [3.8, 4) is 5.75 Å². The van der Waals surface area contributed by atoms with Gasteiger partial charge >= 0.3 is 0 Å². The average molecular weight is 237 g/mol. The lowest BCUT2D eigenvalue weighted by Crippen LogP contribution is -2.28. The molecule has 3 nitrogen and oxygen atoms in total. The Bertz CT molecular complexity index is 339. The molecule has 3 heteroatoms. The van der Waals surface area contributed by atoms with Crippen LogP contribution in [0.4, 0.5) is 0 Å². The number of likely N-dealkylation sites (N-methyl/N-ethyl adjacent to an activating group) is 1. The zero-order valence-electron chi connectivity index (χ0n) is 11.4. The fraction of sp³-hybridized carbons (Fsp3) is 0.571. The molecule has 0 fully saturated rings. The van der Waals surface area contributed by atoms with Crippen LogP contribution >= 0.6 is 0 Å². The standard InChI is InChI=1S/C14H23NO2/c1-10(2)17-13-8-6-7-12(9-13)14(15-4)11(3)16-5/h6-11,14-15H,1-5H3. The highest BCUT2D eigenvalue weighted by Gasteiger charge is 2.17. The molecule has 0 heterocycles. The van der Waals surface area contributed by atoms with E-state index in [1.807, 2.05) is 33.0 Å².